The molecule has 92 valence electrons. The Bertz CT molecular complexity index is 399. The summed E-state index contributed by atoms with van der Waals surface area (Å²) in [4.78, 5) is 22.3. The number of hydrogen-bond donors (Lipinski definition) is 1. The lowest BCUT2D eigenvalue weighted by Gasteiger charge is -2.09. The first-order chi connectivity index (χ1) is 8.08. The molecule has 1 aromatic carbocycles. The highest BCUT2D eigenvalue weighted by Crippen LogP contribution is 2.08. The van der Waals surface area contributed by atoms with Crippen molar-refractivity contribution in [3.8, 4) is 0 Å². The van der Waals surface area contributed by atoms with Gasteiger partial charge in [-0.3, -0.25) is 4.79 Å². The molecule has 0 aliphatic rings. The van der Waals surface area contributed by atoms with Crippen molar-refractivity contribution in [2.75, 3.05) is 14.2 Å². The highest BCUT2D eigenvalue weighted by molar-refractivity contribution is 5.89. The number of carbonyl (C=O) groups excluding carboxylic acids is 2. The van der Waals surface area contributed by atoms with Gasteiger partial charge in [0.05, 0.1) is 19.8 Å². The van der Waals surface area contributed by atoms with Crippen molar-refractivity contribution in [2.45, 2.75) is 12.5 Å². The van der Waals surface area contributed by atoms with Gasteiger partial charge in [-0.05, 0) is 24.1 Å². The zero-order valence-electron chi connectivity index (χ0n) is 9.80. The highest BCUT2D eigenvalue weighted by atomic mass is 16.5. The number of methoxy groups -OCH3 is 2. The van der Waals surface area contributed by atoms with E-state index in [-0.39, 0.29) is 0 Å². The average Bonchev–Trinajstić information content (AvgIpc) is 2.37. The van der Waals surface area contributed by atoms with E-state index in [1.165, 1.54) is 14.2 Å². The molecule has 2 N–H and O–H groups in total. The maximum Gasteiger partial charge on any atom is 0.337 e. The monoisotopic (exact) mass is 237 g/mol. The maximum atomic E-state index is 11.2. The Balaban J connectivity index is 2.68. The van der Waals surface area contributed by atoms with Crippen molar-refractivity contribution < 1.29 is 19.1 Å². The van der Waals surface area contributed by atoms with Gasteiger partial charge in [0.25, 0.3) is 0 Å². The number of hydrogen-bond acceptors (Lipinski definition) is 5. The first-order valence-corrected chi connectivity index (χ1v) is 5.09. The van der Waals surface area contributed by atoms with E-state index in [1.54, 1.807) is 24.3 Å². The first-order valence-electron chi connectivity index (χ1n) is 5.09. The summed E-state index contributed by atoms with van der Waals surface area (Å²) in [6, 6.07) is 6.03. The van der Waals surface area contributed by atoms with Gasteiger partial charge in [-0.25, -0.2) is 4.79 Å². The molecule has 1 aromatic rings. The van der Waals surface area contributed by atoms with Crippen LogP contribution in [0.4, 0.5) is 0 Å². The summed E-state index contributed by atoms with van der Waals surface area (Å²) < 4.78 is 9.10. The number of ether oxygens (including phenoxy) is 2. The van der Waals surface area contributed by atoms with Gasteiger partial charge in [0.1, 0.15) is 6.04 Å². The van der Waals surface area contributed by atoms with E-state index in [2.05, 4.69) is 9.47 Å². The zero-order valence-corrected chi connectivity index (χ0v) is 9.80. The summed E-state index contributed by atoms with van der Waals surface area (Å²) in [6.45, 7) is 0. The molecule has 17 heavy (non-hydrogen) atoms. The molecule has 0 unspecified atom stereocenters. The third-order valence-corrected chi connectivity index (χ3v) is 2.33. The molecule has 0 bridgehead atoms. The van der Waals surface area contributed by atoms with Crippen LogP contribution < -0.4 is 5.73 Å². The smallest absolute Gasteiger partial charge is 0.337 e. The number of rotatable bonds is 4. The van der Waals surface area contributed by atoms with Gasteiger partial charge < -0.3 is 15.2 Å². The minimum absolute atomic E-state index is 0.369. The quantitative estimate of drug-likeness (QED) is 0.772. The predicted molar refractivity (Wildman–Crippen MR) is 61.5 cm³/mol. The van der Waals surface area contributed by atoms with Gasteiger partial charge in [-0.2, -0.15) is 0 Å². The maximum absolute atomic E-state index is 11.2. The van der Waals surface area contributed by atoms with Crippen LogP contribution in [0.25, 0.3) is 0 Å². The molecule has 0 radical (unpaired) electrons. The number of benzene rings is 1. The number of carbonyl (C=O) groups is 2. The fourth-order valence-corrected chi connectivity index (χ4v) is 1.38. The normalized spacial score (nSPS) is 11.7. The van der Waals surface area contributed by atoms with Gasteiger partial charge in [-0.15, -0.1) is 0 Å². The van der Waals surface area contributed by atoms with E-state index >= 15 is 0 Å². The summed E-state index contributed by atoms with van der Waals surface area (Å²) in [6.07, 6.45) is 0.369. The van der Waals surface area contributed by atoms with Crippen molar-refractivity contribution in [1.82, 2.24) is 0 Å². The molecule has 5 heteroatoms. The Morgan fingerprint density at radius 3 is 2.24 bits per heavy atom. The summed E-state index contributed by atoms with van der Waals surface area (Å²) >= 11 is 0. The van der Waals surface area contributed by atoms with Crippen molar-refractivity contribution in [1.29, 1.82) is 0 Å². The molecule has 1 rings (SSSR count). The third-order valence-electron chi connectivity index (χ3n) is 2.33. The van der Waals surface area contributed by atoms with Crippen LogP contribution in [0.15, 0.2) is 24.3 Å². The SMILES string of the molecule is COC(=O)c1ccc(C[C@@H](N)C(=O)OC)cc1. The van der Waals surface area contributed by atoms with E-state index in [0.717, 1.165) is 5.56 Å². The molecule has 0 heterocycles. The van der Waals surface area contributed by atoms with E-state index in [9.17, 15) is 9.59 Å². The predicted octanol–water partition coefficient (Wildman–Crippen LogP) is 0.516. The minimum Gasteiger partial charge on any atom is -0.468 e. The van der Waals surface area contributed by atoms with Crippen molar-refractivity contribution in [3.63, 3.8) is 0 Å². The fraction of sp³-hybridized carbons (Fsp3) is 0.333. The Morgan fingerprint density at radius 2 is 1.76 bits per heavy atom. The Morgan fingerprint density at radius 1 is 1.18 bits per heavy atom. The summed E-state index contributed by atoms with van der Waals surface area (Å²) in [7, 11) is 2.62. The second-order valence-electron chi connectivity index (χ2n) is 3.52. The van der Waals surface area contributed by atoms with Gasteiger partial charge in [-0.1, -0.05) is 12.1 Å². The van der Waals surface area contributed by atoms with Crippen LogP contribution in [-0.2, 0) is 20.7 Å². The molecule has 0 fully saturated rings. The Hall–Kier alpha value is -1.88. The van der Waals surface area contributed by atoms with E-state index in [4.69, 9.17) is 5.73 Å². The second-order valence-corrected chi connectivity index (χ2v) is 3.52. The average molecular weight is 237 g/mol. The van der Waals surface area contributed by atoms with Gasteiger partial charge in [0, 0.05) is 0 Å². The lowest BCUT2D eigenvalue weighted by Crippen LogP contribution is -2.33. The summed E-state index contributed by atoms with van der Waals surface area (Å²) in [5.74, 6) is -0.851. The third kappa shape index (κ3) is 3.57. The number of esters is 2. The zero-order chi connectivity index (χ0) is 12.8. The lowest BCUT2D eigenvalue weighted by atomic mass is 10.0. The standard InChI is InChI=1S/C12H15NO4/c1-16-11(14)9-5-3-8(4-6-9)7-10(13)12(15)17-2/h3-6,10H,7,13H2,1-2H3/t10-/m1/s1. The lowest BCUT2D eigenvalue weighted by molar-refractivity contribution is -0.142. The second kappa shape index (κ2) is 6.00. The van der Waals surface area contributed by atoms with Crippen molar-refractivity contribution in [3.05, 3.63) is 35.4 Å². The van der Waals surface area contributed by atoms with Gasteiger partial charge in [0.15, 0.2) is 0 Å². The molecular formula is C12H15NO4. The first kappa shape index (κ1) is 13.2. The molecule has 5 nitrogen and oxygen atoms in total. The summed E-state index contributed by atoms with van der Waals surface area (Å²) in [5, 5.41) is 0. The van der Waals surface area contributed by atoms with Gasteiger partial charge >= 0.3 is 11.9 Å². The molecule has 0 amide bonds. The molecule has 0 saturated carbocycles. The highest BCUT2D eigenvalue weighted by Gasteiger charge is 2.14. The van der Waals surface area contributed by atoms with Gasteiger partial charge in [0.2, 0.25) is 0 Å². The van der Waals surface area contributed by atoms with Crippen LogP contribution in [0.2, 0.25) is 0 Å². The van der Waals surface area contributed by atoms with Crippen molar-refractivity contribution >= 4 is 11.9 Å². The van der Waals surface area contributed by atoms with Crippen LogP contribution in [0.5, 0.6) is 0 Å². The molecule has 0 aliphatic carbocycles. The Labute approximate surface area is 99.5 Å². The van der Waals surface area contributed by atoms with Crippen LogP contribution in [0.3, 0.4) is 0 Å². The van der Waals surface area contributed by atoms with E-state index in [1.807, 2.05) is 0 Å². The van der Waals surface area contributed by atoms with Crippen LogP contribution in [-0.4, -0.2) is 32.2 Å². The number of nitrogens with two attached hydrogens (primary N) is 1. The minimum atomic E-state index is -0.691. The molecule has 1 atom stereocenters. The van der Waals surface area contributed by atoms with Crippen molar-refractivity contribution in [2.24, 2.45) is 5.73 Å². The molecule has 0 aliphatic heterocycles. The Kier molecular flexibility index (Phi) is 4.66. The molecule has 0 aromatic heterocycles. The molecular weight excluding hydrogens is 222 g/mol. The largest absolute Gasteiger partial charge is 0.468 e. The fourth-order valence-electron chi connectivity index (χ4n) is 1.38. The molecule has 0 spiro atoms. The van der Waals surface area contributed by atoms with Crippen LogP contribution in [0.1, 0.15) is 15.9 Å². The molecule has 0 saturated heterocycles. The van der Waals surface area contributed by atoms with E-state index in [0.29, 0.717) is 12.0 Å². The summed E-state index contributed by atoms with van der Waals surface area (Å²) in [5.41, 5.74) is 6.94. The van der Waals surface area contributed by atoms with E-state index < -0.39 is 18.0 Å². The van der Waals surface area contributed by atoms with Crippen LogP contribution >= 0.6 is 0 Å². The topological polar surface area (TPSA) is 78.6 Å². The van der Waals surface area contributed by atoms with Crippen LogP contribution in [0, 0.1) is 0 Å².